The number of hydrogen-bond donors (Lipinski definition) is 1. The molecule has 2 saturated carbocycles. The van der Waals surface area contributed by atoms with Crippen LogP contribution in [0.4, 0.5) is 0 Å². The summed E-state index contributed by atoms with van der Waals surface area (Å²) in [7, 11) is 0. The smallest absolute Gasteiger partial charge is 0.352 e. The number of nitrogens with one attached hydrogen (secondary N) is 1. The predicted molar refractivity (Wildman–Crippen MR) is 102 cm³/mol. The molecule has 0 spiro atoms. The molecule has 2 aliphatic carbocycles. The minimum atomic E-state index is -0.274. The molecule has 1 N–H and O–H groups in total. The van der Waals surface area contributed by atoms with Crippen molar-refractivity contribution >= 4 is 22.5 Å². The third kappa shape index (κ3) is 3.01. The van der Waals surface area contributed by atoms with Gasteiger partial charge in [0.05, 0.1) is 5.52 Å². The number of carbonyl (C=O) groups excluding carboxylic acids is 1. The van der Waals surface area contributed by atoms with Crippen LogP contribution in [0.5, 0.6) is 0 Å². The fourth-order valence-corrected chi connectivity index (χ4v) is 4.10. The second-order valence-electron chi connectivity index (χ2n) is 7.76. The van der Waals surface area contributed by atoms with E-state index in [1.165, 1.54) is 11.1 Å². The molecule has 0 bridgehead atoms. The Balaban J connectivity index is 1.52. The zero-order valence-electron chi connectivity index (χ0n) is 15.2. The largest absolute Gasteiger partial charge is 0.352 e. The van der Waals surface area contributed by atoms with E-state index in [1.54, 1.807) is 4.40 Å². The van der Waals surface area contributed by atoms with E-state index in [-0.39, 0.29) is 24.2 Å². The third-order valence-electron chi connectivity index (χ3n) is 5.65. The van der Waals surface area contributed by atoms with Crippen molar-refractivity contribution in [3.63, 3.8) is 0 Å². The molecule has 0 aliphatic heterocycles. The number of hydrogen-bond acceptors (Lipinski definition) is 4. The molecular weight excluding hydrogens is 342 g/mol. The van der Waals surface area contributed by atoms with E-state index in [0.29, 0.717) is 11.6 Å². The van der Waals surface area contributed by atoms with Gasteiger partial charge >= 0.3 is 5.69 Å². The van der Waals surface area contributed by atoms with Crippen LogP contribution >= 0.6 is 0 Å². The first-order chi connectivity index (χ1) is 13.2. The number of rotatable bonds is 4. The number of aromatic nitrogens is 4. The molecular formula is C20H23N5O2. The molecule has 7 heteroatoms. The Morgan fingerprint density at radius 1 is 1.11 bits per heavy atom. The maximum Gasteiger partial charge on any atom is 0.352 e. The van der Waals surface area contributed by atoms with Gasteiger partial charge in [-0.2, -0.15) is 0 Å². The summed E-state index contributed by atoms with van der Waals surface area (Å²) in [6.45, 7) is -0.0462. The Morgan fingerprint density at radius 3 is 2.67 bits per heavy atom. The lowest BCUT2D eigenvalue weighted by molar-refractivity contribution is -0.122. The van der Waals surface area contributed by atoms with Crippen molar-refractivity contribution in [1.82, 2.24) is 24.5 Å². The molecule has 2 fully saturated rings. The Morgan fingerprint density at radius 2 is 1.89 bits per heavy atom. The van der Waals surface area contributed by atoms with Gasteiger partial charge < -0.3 is 5.32 Å². The lowest BCUT2D eigenvalue weighted by Gasteiger charge is -2.22. The van der Waals surface area contributed by atoms with Gasteiger partial charge in [0.2, 0.25) is 5.91 Å². The fraction of sp³-hybridized carbons (Fsp3) is 0.500. The summed E-state index contributed by atoms with van der Waals surface area (Å²) in [5, 5.41) is 8.41. The molecule has 3 aromatic rings. The normalized spacial score (nSPS) is 18.2. The van der Waals surface area contributed by atoms with E-state index in [2.05, 4.69) is 10.4 Å². The molecule has 1 amide bonds. The van der Waals surface area contributed by atoms with Crippen molar-refractivity contribution in [2.24, 2.45) is 0 Å². The summed E-state index contributed by atoms with van der Waals surface area (Å²) in [5.74, 6) is 0.939. The molecule has 2 heterocycles. The highest BCUT2D eigenvalue weighted by Gasteiger charge is 2.30. The number of carbonyl (C=O) groups is 1. The first-order valence-electron chi connectivity index (χ1n) is 9.88. The van der Waals surface area contributed by atoms with Gasteiger partial charge in [0.1, 0.15) is 12.4 Å². The standard InChI is InChI=1S/C20H23N5O2/c26-17(21-14-6-2-1-3-7-14)12-24-20(27)25-18(13-10-11-13)22-16-9-5-4-8-15(16)19(25)23-24/h4-5,8-9,13-14H,1-3,6-7,10-12H2,(H,21,26). The van der Waals surface area contributed by atoms with Crippen molar-refractivity contribution in [2.45, 2.75) is 63.5 Å². The SMILES string of the molecule is O=C(Cn1nc2c3ccccc3nc(C3CC3)n2c1=O)NC1CCCCC1. The van der Waals surface area contributed by atoms with Crippen molar-refractivity contribution < 1.29 is 4.79 Å². The van der Waals surface area contributed by atoms with Crippen molar-refractivity contribution in [3.8, 4) is 0 Å². The van der Waals surface area contributed by atoms with Gasteiger partial charge in [-0.05, 0) is 37.8 Å². The Hall–Kier alpha value is -2.70. The molecule has 0 unspecified atom stereocenters. The molecule has 0 radical (unpaired) electrons. The second kappa shape index (κ2) is 6.48. The minimum absolute atomic E-state index is 0.0462. The summed E-state index contributed by atoms with van der Waals surface area (Å²) in [5.41, 5.74) is 1.16. The van der Waals surface area contributed by atoms with Crippen molar-refractivity contribution in [2.75, 3.05) is 0 Å². The highest BCUT2D eigenvalue weighted by molar-refractivity contribution is 5.91. The summed E-state index contributed by atoms with van der Waals surface area (Å²) < 4.78 is 2.89. The Labute approximate surface area is 156 Å². The van der Waals surface area contributed by atoms with E-state index in [4.69, 9.17) is 4.98 Å². The summed E-state index contributed by atoms with van der Waals surface area (Å²) in [6, 6.07) is 7.95. The summed E-state index contributed by atoms with van der Waals surface area (Å²) in [6.07, 6.45) is 7.67. The molecule has 0 atom stereocenters. The molecule has 2 aromatic heterocycles. The van der Waals surface area contributed by atoms with Crippen LogP contribution in [0.3, 0.4) is 0 Å². The minimum Gasteiger partial charge on any atom is -0.352 e. The third-order valence-corrected chi connectivity index (χ3v) is 5.65. The zero-order chi connectivity index (χ0) is 18.4. The lowest BCUT2D eigenvalue weighted by atomic mass is 9.95. The number of amides is 1. The van der Waals surface area contributed by atoms with Crippen LogP contribution in [-0.4, -0.2) is 31.1 Å². The van der Waals surface area contributed by atoms with Crippen molar-refractivity contribution in [1.29, 1.82) is 0 Å². The van der Waals surface area contributed by atoms with Gasteiger partial charge in [0.15, 0.2) is 5.65 Å². The quantitative estimate of drug-likeness (QED) is 0.770. The lowest BCUT2D eigenvalue weighted by Crippen LogP contribution is -2.40. The second-order valence-corrected chi connectivity index (χ2v) is 7.76. The van der Waals surface area contributed by atoms with Crippen LogP contribution < -0.4 is 11.0 Å². The maximum absolute atomic E-state index is 13.0. The highest BCUT2D eigenvalue weighted by Crippen LogP contribution is 2.39. The first-order valence-corrected chi connectivity index (χ1v) is 9.88. The van der Waals surface area contributed by atoms with Gasteiger partial charge in [-0.15, -0.1) is 5.10 Å². The molecule has 7 nitrogen and oxygen atoms in total. The Bertz CT molecular complexity index is 1070. The van der Waals surface area contributed by atoms with Gasteiger partial charge in [-0.1, -0.05) is 31.4 Å². The first kappa shape index (κ1) is 16.5. The number of para-hydroxylation sites is 1. The van der Waals surface area contributed by atoms with Crippen LogP contribution in [-0.2, 0) is 11.3 Å². The van der Waals surface area contributed by atoms with Crippen LogP contribution in [0.2, 0.25) is 0 Å². The average molecular weight is 365 g/mol. The van der Waals surface area contributed by atoms with E-state index in [0.717, 1.165) is 55.3 Å². The molecule has 2 aliphatic rings. The highest BCUT2D eigenvalue weighted by atomic mass is 16.2. The van der Waals surface area contributed by atoms with Gasteiger partial charge in [0, 0.05) is 17.3 Å². The fourth-order valence-electron chi connectivity index (χ4n) is 4.10. The Kier molecular flexibility index (Phi) is 3.95. The summed E-state index contributed by atoms with van der Waals surface area (Å²) in [4.78, 5) is 30.2. The van der Waals surface area contributed by atoms with Crippen LogP contribution in [0, 0.1) is 0 Å². The van der Waals surface area contributed by atoms with E-state index in [1.807, 2.05) is 24.3 Å². The number of nitrogens with zero attached hydrogens (tertiary/aromatic N) is 4. The molecule has 1 aromatic carbocycles. The number of fused-ring (bicyclic) bond motifs is 3. The average Bonchev–Trinajstić information content (AvgIpc) is 3.47. The van der Waals surface area contributed by atoms with Crippen molar-refractivity contribution in [3.05, 3.63) is 40.6 Å². The molecule has 27 heavy (non-hydrogen) atoms. The van der Waals surface area contributed by atoms with Crippen LogP contribution in [0.25, 0.3) is 16.6 Å². The number of benzene rings is 1. The zero-order valence-corrected chi connectivity index (χ0v) is 15.2. The van der Waals surface area contributed by atoms with Gasteiger partial charge in [-0.25, -0.2) is 18.9 Å². The monoisotopic (exact) mass is 365 g/mol. The van der Waals surface area contributed by atoms with Gasteiger partial charge in [0.25, 0.3) is 0 Å². The van der Waals surface area contributed by atoms with E-state index in [9.17, 15) is 9.59 Å². The topological polar surface area (TPSA) is 81.3 Å². The predicted octanol–water partition coefficient (Wildman–Crippen LogP) is 2.37. The summed E-state index contributed by atoms with van der Waals surface area (Å²) >= 11 is 0. The molecule has 0 saturated heterocycles. The van der Waals surface area contributed by atoms with E-state index >= 15 is 0 Å². The van der Waals surface area contributed by atoms with Crippen LogP contribution in [0.1, 0.15) is 56.7 Å². The molecule has 5 rings (SSSR count). The maximum atomic E-state index is 13.0. The van der Waals surface area contributed by atoms with Crippen LogP contribution in [0.15, 0.2) is 29.1 Å². The molecule has 140 valence electrons. The van der Waals surface area contributed by atoms with E-state index < -0.39 is 0 Å². The van der Waals surface area contributed by atoms with Gasteiger partial charge in [-0.3, -0.25) is 4.79 Å².